The smallest absolute Gasteiger partial charge is 0.274 e. The Morgan fingerprint density at radius 1 is 1.00 bits per heavy atom. The van der Waals surface area contributed by atoms with Crippen molar-refractivity contribution in [3.05, 3.63) is 82.3 Å². The fourth-order valence-corrected chi connectivity index (χ4v) is 3.84. The Morgan fingerprint density at radius 2 is 1.71 bits per heavy atom. The maximum Gasteiger partial charge on any atom is 0.274 e. The van der Waals surface area contributed by atoms with Gasteiger partial charge in [0.15, 0.2) is 0 Å². The van der Waals surface area contributed by atoms with Crippen molar-refractivity contribution in [1.29, 1.82) is 0 Å². The molecule has 1 aliphatic heterocycles. The Morgan fingerprint density at radius 3 is 2.39 bits per heavy atom. The van der Waals surface area contributed by atoms with E-state index in [0.717, 1.165) is 23.2 Å². The quantitative estimate of drug-likeness (QED) is 0.743. The molecule has 0 spiro atoms. The van der Waals surface area contributed by atoms with Gasteiger partial charge in [0.05, 0.1) is 12.4 Å². The average Bonchev–Trinajstić information content (AvgIpc) is 2.70. The van der Waals surface area contributed by atoms with Gasteiger partial charge in [0.1, 0.15) is 11.5 Å². The number of rotatable bonds is 3. The first-order valence-corrected chi connectivity index (χ1v) is 9.54. The number of anilines is 2. The van der Waals surface area contributed by atoms with Crippen LogP contribution in [0.3, 0.4) is 0 Å². The molecule has 5 nitrogen and oxygen atoms in total. The van der Waals surface area contributed by atoms with Crippen LogP contribution >= 0.6 is 0 Å². The van der Waals surface area contributed by atoms with E-state index in [1.54, 1.807) is 12.4 Å². The molecule has 0 aliphatic carbocycles. The van der Waals surface area contributed by atoms with Crippen LogP contribution in [0.15, 0.2) is 48.8 Å². The number of nitrogens with one attached hydrogen (secondary N) is 1. The lowest BCUT2D eigenvalue weighted by molar-refractivity contribution is 0.0728. The van der Waals surface area contributed by atoms with Crippen LogP contribution in [-0.4, -0.2) is 27.3 Å². The predicted octanol–water partition coefficient (Wildman–Crippen LogP) is 4.34. The molecule has 3 aromatic rings. The molecular formula is C23H24N4O. The first kappa shape index (κ1) is 18.2. The number of hydrogen-bond acceptors (Lipinski definition) is 4. The van der Waals surface area contributed by atoms with Gasteiger partial charge in [0, 0.05) is 18.8 Å². The number of benzene rings is 2. The summed E-state index contributed by atoms with van der Waals surface area (Å²) in [6.07, 6.45) is 4.06. The van der Waals surface area contributed by atoms with E-state index in [0.29, 0.717) is 24.6 Å². The summed E-state index contributed by atoms with van der Waals surface area (Å²) in [6.45, 7) is 7.56. The molecule has 0 saturated carbocycles. The van der Waals surface area contributed by atoms with E-state index >= 15 is 0 Å². The zero-order chi connectivity index (χ0) is 19.7. The minimum absolute atomic E-state index is 0.0729. The molecule has 0 radical (unpaired) electrons. The van der Waals surface area contributed by atoms with Gasteiger partial charge in [-0.1, -0.05) is 42.0 Å². The molecule has 1 aliphatic rings. The molecule has 1 N–H and O–H groups in total. The normalized spacial score (nSPS) is 13.2. The Hall–Kier alpha value is -3.21. The minimum Gasteiger partial charge on any atom is -0.339 e. The Labute approximate surface area is 165 Å². The first-order valence-electron chi connectivity index (χ1n) is 9.54. The molecule has 2 aromatic carbocycles. The zero-order valence-corrected chi connectivity index (χ0v) is 16.5. The third kappa shape index (κ3) is 3.60. The molecule has 28 heavy (non-hydrogen) atoms. The molecular weight excluding hydrogens is 348 g/mol. The van der Waals surface area contributed by atoms with Crippen LogP contribution in [0.2, 0.25) is 0 Å². The van der Waals surface area contributed by atoms with Gasteiger partial charge in [0.2, 0.25) is 0 Å². The van der Waals surface area contributed by atoms with E-state index in [1.165, 1.54) is 16.7 Å². The van der Waals surface area contributed by atoms with E-state index in [4.69, 9.17) is 0 Å². The number of fused-ring (bicyclic) bond motifs is 1. The number of hydrogen-bond donors (Lipinski definition) is 1. The second-order valence-electron chi connectivity index (χ2n) is 7.43. The van der Waals surface area contributed by atoms with Gasteiger partial charge in [-0.05, 0) is 49.4 Å². The molecule has 4 rings (SSSR count). The molecule has 0 bridgehead atoms. The molecule has 5 heteroatoms. The minimum atomic E-state index is -0.0729. The maximum absolute atomic E-state index is 12.8. The van der Waals surface area contributed by atoms with E-state index in [-0.39, 0.29) is 5.91 Å². The van der Waals surface area contributed by atoms with Gasteiger partial charge in [-0.3, -0.25) is 4.79 Å². The predicted molar refractivity (Wildman–Crippen MR) is 111 cm³/mol. The summed E-state index contributed by atoms with van der Waals surface area (Å²) < 4.78 is 0. The topological polar surface area (TPSA) is 58.1 Å². The highest BCUT2D eigenvalue weighted by Crippen LogP contribution is 2.25. The standard InChI is InChI=1S/C23H24N4O/c1-15-10-16(2)22(17(3)11-15)26-21-13-24-20(12-25-21)23(28)27-9-8-18-6-4-5-7-19(18)14-27/h4-7,10-13H,8-9,14H2,1-3H3,(H,25,26). The van der Waals surface area contributed by atoms with Gasteiger partial charge < -0.3 is 10.2 Å². The van der Waals surface area contributed by atoms with Crippen molar-refractivity contribution >= 4 is 17.4 Å². The molecule has 0 saturated heterocycles. The molecule has 0 unspecified atom stereocenters. The van der Waals surface area contributed by atoms with Gasteiger partial charge in [0.25, 0.3) is 5.91 Å². The van der Waals surface area contributed by atoms with E-state index in [9.17, 15) is 4.79 Å². The van der Waals surface area contributed by atoms with E-state index in [2.05, 4.69) is 60.3 Å². The number of aryl methyl sites for hydroxylation is 3. The largest absolute Gasteiger partial charge is 0.339 e. The highest BCUT2D eigenvalue weighted by Gasteiger charge is 2.22. The lowest BCUT2D eigenvalue weighted by Crippen LogP contribution is -2.36. The molecule has 142 valence electrons. The SMILES string of the molecule is Cc1cc(C)c(Nc2cnc(C(=O)N3CCc4ccccc4C3)cn2)c(C)c1. The highest BCUT2D eigenvalue weighted by molar-refractivity contribution is 5.92. The lowest BCUT2D eigenvalue weighted by Gasteiger charge is -2.28. The van der Waals surface area contributed by atoms with Gasteiger partial charge in [-0.2, -0.15) is 0 Å². The fourth-order valence-electron chi connectivity index (χ4n) is 3.84. The molecule has 1 amide bonds. The highest BCUT2D eigenvalue weighted by atomic mass is 16.2. The summed E-state index contributed by atoms with van der Waals surface area (Å²) in [6, 6.07) is 12.5. The monoisotopic (exact) mass is 372 g/mol. The van der Waals surface area contributed by atoms with Crippen molar-refractivity contribution in [2.75, 3.05) is 11.9 Å². The van der Waals surface area contributed by atoms with Gasteiger partial charge in [-0.25, -0.2) is 9.97 Å². The summed E-state index contributed by atoms with van der Waals surface area (Å²) in [4.78, 5) is 23.5. The van der Waals surface area contributed by atoms with Crippen molar-refractivity contribution in [2.24, 2.45) is 0 Å². The van der Waals surface area contributed by atoms with Crippen LogP contribution in [0, 0.1) is 20.8 Å². The van der Waals surface area contributed by atoms with Gasteiger partial charge >= 0.3 is 0 Å². The van der Waals surface area contributed by atoms with Gasteiger partial charge in [-0.15, -0.1) is 0 Å². The van der Waals surface area contributed by atoms with Crippen LogP contribution in [0.25, 0.3) is 0 Å². The summed E-state index contributed by atoms with van der Waals surface area (Å²) >= 11 is 0. The van der Waals surface area contributed by atoms with Crippen LogP contribution in [0.4, 0.5) is 11.5 Å². The number of nitrogens with zero attached hydrogens (tertiary/aromatic N) is 3. The molecule has 0 fully saturated rings. The van der Waals surface area contributed by atoms with Crippen molar-refractivity contribution in [3.63, 3.8) is 0 Å². The average molecular weight is 372 g/mol. The van der Waals surface area contributed by atoms with Crippen LogP contribution in [-0.2, 0) is 13.0 Å². The molecule has 0 atom stereocenters. The third-order valence-corrected chi connectivity index (χ3v) is 5.22. The van der Waals surface area contributed by atoms with Crippen molar-refractivity contribution in [3.8, 4) is 0 Å². The third-order valence-electron chi connectivity index (χ3n) is 5.22. The summed E-state index contributed by atoms with van der Waals surface area (Å²) in [5, 5.41) is 3.33. The molecule has 1 aromatic heterocycles. The Bertz CT molecular complexity index is 1000. The van der Waals surface area contributed by atoms with Crippen LogP contribution in [0.5, 0.6) is 0 Å². The van der Waals surface area contributed by atoms with Crippen molar-refractivity contribution < 1.29 is 4.79 Å². The Balaban J connectivity index is 1.49. The number of aromatic nitrogens is 2. The summed E-state index contributed by atoms with van der Waals surface area (Å²) in [5.74, 6) is 0.562. The van der Waals surface area contributed by atoms with E-state index < -0.39 is 0 Å². The summed E-state index contributed by atoms with van der Waals surface area (Å²) in [7, 11) is 0. The first-order chi connectivity index (χ1) is 13.5. The van der Waals surface area contributed by atoms with Crippen molar-refractivity contribution in [1.82, 2.24) is 14.9 Å². The van der Waals surface area contributed by atoms with Crippen LogP contribution < -0.4 is 5.32 Å². The molecule has 2 heterocycles. The number of amides is 1. The Kier molecular flexibility index (Phi) is 4.82. The fraction of sp³-hybridized carbons (Fsp3) is 0.261. The van der Waals surface area contributed by atoms with Crippen molar-refractivity contribution in [2.45, 2.75) is 33.7 Å². The van der Waals surface area contributed by atoms with Crippen LogP contribution in [0.1, 0.15) is 38.3 Å². The van der Waals surface area contributed by atoms with E-state index in [1.807, 2.05) is 17.0 Å². The number of carbonyl (C=O) groups is 1. The maximum atomic E-state index is 12.8. The second kappa shape index (κ2) is 7.43. The number of carbonyl (C=O) groups excluding carboxylic acids is 1. The lowest BCUT2D eigenvalue weighted by atomic mass is 10.00. The zero-order valence-electron chi connectivity index (χ0n) is 16.5. The second-order valence-corrected chi connectivity index (χ2v) is 7.43. The summed E-state index contributed by atoms with van der Waals surface area (Å²) in [5.41, 5.74) is 7.49.